The number of nitrogens with zero attached hydrogens (tertiary/aromatic N) is 1. The minimum Gasteiger partial charge on any atom is -0.342 e. The van der Waals surface area contributed by atoms with E-state index in [0.717, 1.165) is 12.1 Å². The number of benzene rings is 1. The van der Waals surface area contributed by atoms with Gasteiger partial charge in [0.25, 0.3) is 0 Å². The van der Waals surface area contributed by atoms with Crippen LogP contribution >= 0.6 is 0 Å². The smallest absolute Gasteiger partial charge is 0.342 e. The van der Waals surface area contributed by atoms with Gasteiger partial charge < -0.3 is 4.90 Å². The Morgan fingerprint density at radius 2 is 1.78 bits per heavy atom. The highest BCUT2D eigenvalue weighted by atomic mass is 19.4. The molecular formula is C16H16F5NO. The van der Waals surface area contributed by atoms with E-state index in [1.54, 1.807) is 4.90 Å². The van der Waals surface area contributed by atoms with Crippen molar-refractivity contribution in [1.82, 2.24) is 4.90 Å². The largest absolute Gasteiger partial charge is 0.391 e. The fourth-order valence-corrected chi connectivity index (χ4v) is 3.22. The molecule has 1 saturated carbocycles. The molecule has 1 aromatic carbocycles. The topological polar surface area (TPSA) is 20.3 Å². The van der Waals surface area contributed by atoms with Crippen LogP contribution in [-0.4, -0.2) is 30.1 Å². The fraction of sp³-hybridized carbons (Fsp3) is 0.562. The molecule has 0 spiro atoms. The number of amides is 1. The molecule has 0 bridgehead atoms. The molecule has 1 aromatic rings. The molecule has 2 aliphatic rings. The van der Waals surface area contributed by atoms with E-state index in [0.29, 0.717) is 25.1 Å². The van der Waals surface area contributed by atoms with Crippen molar-refractivity contribution in [3.63, 3.8) is 0 Å². The van der Waals surface area contributed by atoms with E-state index in [2.05, 4.69) is 0 Å². The Morgan fingerprint density at radius 1 is 1.13 bits per heavy atom. The highest BCUT2D eigenvalue weighted by molar-refractivity contribution is 5.80. The van der Waals surface area contributed by atoms with Crippen LogP contribution in [0, 0.1) is 29.4 Å². The van der Waals surface area contributed by atoms with E-state index >= 15 is 0 Å². The SMILES string of the molecule is O=C(C1CC(C(F)(F)F)C1)N1CC(Cc2ccc(F)c(F)c2)C1. The highest BCUT2D eigenvalue weighted by Gasteiger charge is 2.51. The van der Waals surface area contributed by atoms with Crippen LogP contribution < -0.4 is 0 Å². The van der Waals surface area contributed by atoms with Gasteiger partial charge in [-0.25, -0.2) is 8.78 Å². The molecule has 0 radical (unpaired) electrons. The molecule has 0 unspecified atom stereocenters. The Morgan fingerprint density at radius 3 is 2.35 bits per heavy atom. The zero-order chi connectivity index (χ0) is 16.8. The van der Waals surface area contributed by atoms with Gasteiger partial charge in [0.15, 0.2) is 11.6 Å². The maximum atomic E-state index is 13.1. The number of alkyl halides is 3. The van der Waals surface area contributed by atoms with Crippen molar-refractivity contribution in [1.29, 1.82) is 0 Å². The van der Waals surface area contributed by atoms with Crippen molar-refractivity contribution in [2.45, 2.75) is 25.4 Å². The van der Waals surface area contributed by atoms with Crippen LogP contribution in [0.15, 0.2) is 18.2 Å². The quantitative estimate of drug-likeness (QED) is 0.775. The Kier molecular flexibility index (Phi) is 4.06. The van der Waals surface area contributed by atoms with Gasteiger partial charge >= 0.3 is 6.18 Å². The first-order valence-electron chi connectivity index (χ1n) is 7.53. The van der Waals surface area contributed by atoms with E-state index in [1.165, 1.54) is 6.07 Å². The summed E-state index contributed by atoms with van der Waals surface area (Å²) in [6, 6.07) is 3.71. The summed E-state index contributed by atoms with van der Waals surface area (Å²) in [6.07, 6.45) is -3.92. The molecule has 1 amide bonds. The van der Waals surface area contributed by atoms with Gasteiger partial charge in [-0.1, -0.05) is 6.07 Å². The highest BCUT2D eigenvalue weighted by Crippen LogP contribution is 2.45. The van der Waals surface area contributed by atoms with Crippen LogP contribution in [0.2, 0.25) is 0 Å². The number of hydrogen-bond acceptors (Lipinski definition) is 1. The van der Waals surface area contributed by atoms with Gasteiger partial charge in [0, 0.05) is 19.0 Å². The first kappa shape index (κ1) is 16.2. The molecule has 1 aliphatic carbocycles. The van der Waals surface area contributed by atoms with Crippen LogP contribution in [0.5, 0.6) is 0 Å². The van der Waals surface area contributed by atoms with Crippen LogP contribution in [0.25, 0.3) is 0 Å². The standard InChI is InChI=1S/C16H16F5NO/c17-13-2-1-9(4-14(13)18)3-10-7-22(8-10)15(23)11-5-12(6-11)16(19,20)21/h1-2,4,10-12H,3,5-8H2. The summed E-state index contributed by atoms with van der Waals surface area (Å²) in [5, 5.41) is 0. The Bertz CT molecular complexity index is 603. The monoisotopic (exact) mass is 333 g/mol. The van der Waals surface area contributed by atoms with Gasteiger partial charge in [-0.3, -0.25) is 4.79 Å². The molecular weight excluding hydrogens is 317 g/mol. The first-order valence-corrected chi connectivity index (χ1v) is 7.53. The van der Waals surface area contributed by atoms with Crippen molar-refractivity contribution >= 4 is 5.91 Å². The molecule has 126 valence electrons. The zero-order valence-electron chi connectivity index (χ0n) is 12.2. The number of rotatable bonds is 3. The van der Waals surface area contributed by atoms with E-state index in [4.69, 9.17) is 0 Å². The van der Waals surface area contributed by atoms with Gasteiger partial charge in [-0.15, -0.1) is 0 Å². The van der Waals surface area contributed by atoms with Crippen molar-refractivity contribution in [3.05, 3.63) is 35.4 Å². The zero-order valence-corrected chi connectivity index (χ0v) is 12.2. The van der Waals surface area contributed by atoms with E-state index in [9.17, 15) is 26.7 Å². The third-order valence-electron chi connectivity index (χ3n) is 4.73. The molecule has 2 fully saturated rings. The first-order chi connectivity index (χ1) is 10.7. The molecule has 0 aromatic heterocycles. The van der Waals surface area contributed by atoms with Gasteiger partial charge in [0.1, 0.15) is 0 Å². The van der Waals surface area contributed by atoms with Crippen LogP contribution in [0.1, 0.15) is 18.4 Å². The summed E-state index contributed by atoms with van der Waals surface area (Å²) in [6.45, 7) is 0.927. The van der Waals surface area contributed by atoms with E-state index < -0.39 is 29.6 Å². The van der Waals surface area contributed by atoms with Crippen LogP contribution in [0.4, 0.5) is 22.0 Å². The summed E-state index contributed by atoms with van der Waals surface area (Å²) in [4.78, 5) is 13.6. The number of carbonyl (C=O) groups is 1. The molecule has 0 N–H and O–H groups in total. The lowest BCUT2D eigenvalue weighted by molar-refractivity contribution is -0.207. The maximum Gasteiger partial charge on any atom is 0.391 e. The molecule has 0 atom stereocenters. The minimum absolute atomic E-state index is 0.118. The predicted octanol–water partition coefficient (Wildman–Crippen LogP) is 3.55. The number of halogens is 5. The number of likely N-dealkylation sites (tertiary alicyclic amines) is 1. The van der Waals surface area contributed by atoms with Crippen LogP contribution in [0.3, 0.4) is 0 Å². The van der Waals surface area contributed by atoms with Gasteiger partial charge in [0.05, 0.1) is 5.92 Å². The molecule has 2 nitrogen and oxygen atoms in total. The van der Waals surface area contributed by atoms with E-state index in [-0.39, 0.29) is 24.7 Å². The average Bonchev–Trinajstić information content (AvgIpc) is 2.33. The number of hydrogen-bond donors (Lipinski definition) is 0. The normalized spacial score (nSPS) is 25.0. The second-order valence-corrected chi connectivity index (χ2v) is 6.47. The van der Waals surface area contributed by atoms with Gasteiger partial charge in [0.2, 0.25) is 5.91 Å². The Labute approximate surface area is 130 Å². The molecule has 1 heterocycles. The lowest BCUT2D eigenvalue weighted by Gasteiger charge is -2.45. The lowest BCUT2D eigenvalue weighted by atomic mass is 9.73. The van der Waals surface area contributed by atoms with Crippen molar-refractivity contribution in [2.24, 2.45) is 17.8 Å². The fourth-order valence-electron chi connectivity index (χ4n) is 3.22. The van der Waals surface area contributed by atoms with Crippen molar-refractivity contribution in [3.8, 4) is 0 Å². The van der Waals surface area contributed by atoms with E-state index in [1.807, 2.05) is 0 Å². The average molecular weight is 333 g/mol. The predicted molar refractivity (Wildman–Crippen MR) is 72.4 cm³/mol. The Balaban J connectivity index is 1.44. The summed E-state index contributed by atoms with van der Waals surface area (Å²) >= 11 is 0. The summed E-state index contributed by atoms with van der Waals surface area (Å²) in [7, 11) is 0. The molecule has 1 saturated heterocycles. The summed E-state index contributed by atoms with van der Waals surface area (Å²) in [5.41, 5.74) is 0.654. The third kappa shape index (κ3) is 3.33. The van der Waals surface area contributed by atoms with Crippen LogP contribution in [-0.2, 0) is 11.2 Å². The van der Waals surface area contributed by atoms with Gasteiger partial charge in [-0.05, 0) is 42.9 Å². The third-order valence-corrected chi connectivity index (χ3v) is 4.73. The second-order valence-electron chi connectivity index (χ2n) is 6.47. The maximum absolute atomic E-state index is 13.1. The summed E-state index contributed by atoms with van der Waals surface area (Å²) in [5.74, 6) is -3.75. The van der Waals surface area contributed by atoms with Crippen molar-refractivity contribution in [2.75, 3.05) is 13.1 Å². The lowest BCUT2D eigenvalue weighted by Crippen LogP contribution is -2.55. The van der Waals surface area contributed by atoms with Gasteiger partial charge in [-0.2, -0.15) is 13.2 Å². The minimum atomic E-state index is -4.21. The molecule has 7 heteroatoms. The summed E-state index contributed by atoms with van der Waals surface area (Å²) < 4.78 is 63.2. The second kappa shape index (κ2) is 5.76. The molecule has 23 heavy (non-hydrogen) atoms. The van der Waals surface area contributed by atoms with Crippen molar-refractivity contribution < 1.29 is 26.7 Å². The Hall–Kier alpha value is -1.66. The molecule has 1 aliphatic heterocycles. The molecule has 3 rings (SSSR count). The number of carbonyl (C=O) groups excluding carboxylic acids is 1.